The van der Waals surface area contributed by atoms with Gasteiger partial charge in [0.05, 0.1) is 11.8 Å². The van der Waals surface area contributed by atoms with Crippen LogP contribution in [0.2, 0.25) is 0 Å². The summed E-state index contributed by atoms with van der Waals surface area (Å²) in [6, 6.07) is 1.81. The Kier molecular flexibility index (Phi) is 3.85. The highest BCUT2D eigenvalue weighted by molar-refractivity contribution is 7.17. The molecule has 24 heavy (non-hydrogen) atoms. The van der Waals surface area contributed by atoms with Crippen LogP contribution >= 0.6 is 11.3 Å². The molecule has 3 aromatic heterocycles. The molecule has 0 aromatic carbocycles. The first-order valence-corrected chi connectivity index (χ1v) is 8.66. The van der Waals surface area contributed by atoms with E-state index in [1.807, 2.05) is 5.38 Å². The molecule has 1 atom stereocenters. The van der Waals surface area contributed by atoms with Crippen molar-refractivity contribution in [2.45, 2.75) is 25.3 Å². The van der Waals surface area contributed by atoms with E-state index in [1.165, 1.54) is 28.6 Å². The SMILES string of the molecule is O=C(Cn1cnc2ccsc2c1=O)N1CCC[C@@H](c2ncn[nH]2)C1. The molecular weight excluding hydrogens is 328 g/mol. The van der Waals surface area contributed by atoms with E-state index in [4.69, 9.17) is 0 Å². The van der Waals surface area contributed by atoms with Crippen LogP contribution in [0.1, 0.15) is 24.6 Å². The largest absolute Gasteiger partial charge is 0.340 e. The van der Waals surface area contributed by atoms with Crippen LogP contribution in [-0.4, -0.2) is 48.6 Å². The molecule has 3 aromatic rings. The molecule has 1 aliphatic rings. The predicted octanol–water partition coefficient (Wildman–Crippen LogP) is 0.982. The lowest BCUT2D eigenvalue weighted by atomic mass is 9.97. The number of carbonyl (C=O) groups excluding carboxylic acids is 1. The third kappa shape index (κ3) is 2.71. The summed E-state index contributed by atoms with van der Waals surface area (Å²) in [6.07, 6.45) is 4.82. The smallest absolute Gasteiger partial charge is 0.271 e. The van der Waals surface area contributed by atoms with E-state index in [9.17, 15) is 9.59 Å². The average Bonchev–Trinajstić information content (AvgIpc) is 3.29. The molecule has 1 fully saturated rings. The quantitative estimate of drug-likeness (QED) is 0.764. The second-order valence-corrected chi connectivity index (χ2v) is 6.78. The third-order valence-electron chi connectivity index (χ3n) is 4.34. The van der Waals surface area contributed by atoms with Crippen LogP contribution < -0.4 is 5.56 Å². The minimum atomic E-state index is -0.160. The number of aromatic amines is 1. The van der Waals surface area contributed by atoms with E-state index in [2.05, 4.69) is 20.2 Å². The number of carbonyl (C=O) groups is 1. The van der Waals surface area contributed by atoms with E-state index in [1.54, 1.807) is 11.0 Å². The number of hydrogen-bond acceptors (Lipinski definition) is 6. The van der Waals surface area contributed by atoms with Crippen LogP contribution in [0.4, 0.5) is 0 Å². The lowest BCUT2D eigenvalue weighted by Crippen LogP contribution is -2.42. The summed E-state index contributed by atoms with van der Waals surface area (Å²) in [4.78, 5) is 35.2. The molecule has 8 nitrogen and oxygen atoms in total. The van der Waals surface area contributed by atoms with Crippen LogP contribution in [0.3, 0.4) is 0 Å². The summed E-state index contributed by atoms with van der Waals surface area (Å²) < 4.78 is 1.97. The van der Waals surface area contributed by atoms with Crippen molar-refractivity contribution < 1.29 is 4.79 Å². The number of nitrogens with zero attached hydrogens (tertiary/aromatic N) is 5. The standard InChI is InChI=1S/C15H16N6O2S/c22-12(7-21-9-17-11-3-5-24-13(11)15(21)23)20-4-1-2-10(6-20)14-16-8-18-19-14/h3,5,8-10H,1-2,4,6-7H2,(H,16,18,19)/t10-/m1/s1. The fourth-order valence-corrected chi connectivity index (χ4v) is 3.87. The zero-order chi connectivity index (χ0) is 16.5. The lowest BCUT2D eigenvalue weighted by molar-refractivity contribution is -0.133. The maximum absolute atomic E-state index is 12.6. The highest BCUT2D eigenvalue weighted by Crippen LogP contribution is 2.24. The van der Waals surface area contributed by atoms with Gasteiger partial charge in [-0.1, -0.05) is 0 Å². The van der Waals surface area contributed by atoms with Gasteiger partial charge in [0.2, 0.25) is 5.91 Å². The van der Waals surface area contributed by atoms with E-state index in [-0.39, 0.29) is 23.9 Å². The average molecular weight is 344 g/mol. The second kappa shape index (κ2) is 6.16. The number of piperidine rings is 1. The molecule has 4 heterocycles. The Bertz CT molecular complexity index is 916. The van der Waals surface area contributed by atoms with Crippen molar-refractivity contribution in [2.75, 3.05) is 13.1 Å². The van der Waals surface area contributed by atoms with Crippen molar-refractivity contribution in [1.82, 2.24) is 29.6 Å². The first kappa shape index (κ1) is 15.0. The molecular formula is C15H16N6O2S. The summed E-state index contributed by atoms with van der Waals surface area (Å²) >= 11 is 1.35. The number of hydrogen-bond donors (Lipinski definition) is 1. The first-order chi connectivity index (χ1) is 11.7. The summed E-state index contributed by atoms with van der Waals surface area (Å²) in [6.45, 7) is 1.31. The molecule has 1 amide bonds. The Morgan fingerprint density at radius 1 is 1.42 bits per heavy atom. The van der Waals surface area contributed by atoms with Gasteiger partial charge in [-0.3, -0.25) is 19.3 Å². The summed E-state index contributed by atoms with van der Waals surface area (Å²) in [5.74, 6) is 0.908. The van der Waals surface area contributed by atoms with Gasteiger partial charge in [-0.15, -0.1) is 11.3 Å². The number of likely N-dealkylation sites (tertiary alicyclic amines) is 1. The molecule has 124 valence electrons. The molecule has 0 bridgehead atoms. The highest BCUT2D eigenvalue weighted by atomic mass is 32.1. The van der Waals surface area contributed by atoms with Gasteiger partial charge in [-0.05, 0) is 24.3 Å². The Labute approximate surface area is 141 Å². The molecule has 1 saturated heterocycles. The zero-order valence-electron chi connectivity index (χ0n) is 12.9. The third-order valence-corrected chi connectivity index (χ3v) is 5.23. The second-order valence-electron chi connectivity index (χ2n) is 5.86. The van der Waals surface area contributed by atoms with Crippen molar-refractivity contribution in [3.8, 4) is 0 Å². The van der Waals surface area contributed by atoms with Crippen LogP contribution in [0, 0.1) is 0 Å². The highest BCUT2D eigenvalue weighted by Gasteiger charge is 2.26. The van der Waals surface area contributed by atoms with Crippen LogP contribution in [0.15, 0.2) is 28.9 Å². The Balaban J connectivity index is 1.50. The van der Waals surface area contributed by atoms with Gasteiger partial charge >= 0.3 is 0 Å². The van der Waals surface area contributed by atoms with Crippen LogP contribution in [0.25, 0.3) is 10.2 Å². The number of aromatic nitrogens is 5. The Morgan fingerprint density at radius 3 is 3.17 bits per heavy atom. The number of thiophene rings is 1. The predicted molar refractivity (Wildman–Crippen MR) is 88.8 cm³/mol. The molecule has 0 saturated carbocycles. The molecule has 0 aliphatic carbocycles. The number of H-pyrrole nitrogens is 1. The van der Waals surface area contributed by atoms with Crippen molar-refractivity contribution >= 4 is 27.5 Å². The zero-order valence-corrected chi connectivity index (χ0v) is 13.7. The number of nitrogens with one attached hydrogen (secondary N) is 1. The summed E-state index contributed by atoms with van der Waals surface area (Å²) in [7, 11) is 0. The molecule has 0 spiro atoms. The van der Waals surface area contributed by atoms with Crippen molar-refractivity contribution in [3.63, 3.8) is 0 Å². The van der Waals surface area contributed by atoms with Gasteiger partial charge < -0.3 is 4.90 Å². The molecule has 9 heteroatoms. The van der Waals surface area contributed by atoms with E-state index >= 15 is 0 Å². The Hall–Kier alpha value is -2.55. The van der Waals surface area contributed by atoms with Gasteiger partial charge in [0.15, 0.2) is 0 Å². The normalized spacial score (nSPS) is 18.2. The van der Waals surface area contributed by atoms with Crippen molar-refractivity contribution in [3.05, 3.63) is 40.3 Å². The van der Waals surface area contributed by atoms with Crippen molar-refractivity contribution in [2.24, 2.45) is 0 Å². The first-order valence-electron chi connectivity index (χ1n) is 7.78. The molecule has 4 rings (SSSR count). The maximum Gasteiger partial charge on any atom is 0.271 e. The van der Waals surface area contributed by atoms with Gasteiger partial charge in [0.25, 0.3) is 5.56 Å². The van der Waals surface area contributed by atoms with Crippen LogP contribution in [-0.2, 0) is 11.3 Å². The minimum Gasteiger partial charge on any atom is -0.340 e. The molecule has 0 unspecified atom stereocenters. The van der Waals surface area contributed by atoms with Gasteiger partial charge in [0.1, 0.15) is 23.4 Å². The number of rotatable bonds is 3. The number of amides is 1. The summed E-state index contributed by atoms with van der Waals surface area (Å²) in [5.41, 5.74) is 0.518. The topological polar surface area (TPSA) is 96.8 Å². The van der Waals surface area contributed by atoms with E-state index in [0.29, 0.717) is 23.3 Å². The molecule has 1 N–H and O–H groups in total. The monoisotopic (exact) mass is 344 g/mol. The fourth-order valence-electron chi connectivity index (χ4n) is 3.08. The lowest BCUT2D eigenvalue weighted by Gasteiger charge is -2.31. The van der Waals surface area contributed by atoms with Gasteiger partial charge in [0, 0.05) is 19.0 Å². The van der Waals surface area contributed by atoms with E-state index < -0.39 is 0 Å². The summed E-state index contributed by atoms with van der Waals surface area (Å²) in [5, 5.41) is 8.59. The minimum absolute atomic E-state index is 0.0167. The molecule has 1 aliphatic heterocycles. The van der Waals surface area contributed by atoms with Gasteiger partial charge in [-0.25, -0.2) is 9.97 Å². The van der Waals surface area contributed by atoms with Gasteiger partial charge in [-0.2, -0.15) is 5.10 Å². The Morgan fingerprint density at radius 2 is 2.33 bits per heavy atom. The number of fused-ring (bicyclic) bond motifs is 1. The van der Waals surface area contributed by atoms with E-state index in [0.717, 1.165) is 18.7 Å². The fraction of sp³-hybridized carbons (Fsp3) is 0.400. The van der Waals surface area contributed by atoms with Crippen LogP contribution in [0.5, 0.6) is 0 Å². The van der Waals surface area contributed by atoms with Crippen molar-refractivity contribution in [1.29, 1.82) is 0 Å². The maximum atomic E-state index is 12.6. The molecule has 0 radical (unpaired) electrons.